The van der Waals surface area contributed by atoms with Crippen LogP contribution in [-0.2, 0) is 6.42 Å². The minimum absolute atomic E-state index is 0.117. The average molecular weight is 289 g/mol. The van der Waals surface area contributed by atoms with E-state index >= 15 is 0 Å². The molecule has 3 rings (SSSR count). The summed E-state index contributed by atoms with van der Waals surface area (Å²) < 4.78 is 6.00. The largest absolute Gasteiger partial charge is 0.484 e. The average Bonchev–Trinajstić information content (AvgIpc) is 2.73. The van der Waals surface area contributed by atoms with Gasteiger partial charge in [0.2, 0.25) is 0 Å². The van der Waals surface area contributed by atoms with Gasteiger partial charge in [-0.2, -0.15) is 0 Å². The Morgan fingerprint density at radius 1 is 1.24 bits per heavy atom. The molecule has 21 heavy (non-hydrogen) atoms. The Labute approximate surface area is 127 Å². The van der Waals surface area contributed by atoms with Gasteiger partial charge >= 0.3 is 0 Å². The van der Waals surface area contributed by atoms with Gasteiger partial charge in [0.15, 0.2) is 0 Å². The zero-order valence-corrected chi connectivity index (χ0v) is 13.2. The number of fused-ring (bicyclic) bond motifs is 1. The van der Waals surface area contributed by atoms with Crippen LogP contribution in [0.1, 0.15) is 25.8 Å². The van der Waals surface area contributed by atoms with Crippen molar-refractivity contribution >= 4 is 5.69 Å². The maximum Gasteiger partial charge on any atom is 0.143 e. The summed E-state index contributed by atoms with van der Waals surface area (Å²) in [6.07, 6.45) is 2.37. The Kier molecular flexibility index (Phi) is 4.36. The molecule has 1 fully saturated rings. The summed E-state index contributed by atoms with van der Waals surface area (Å²) in [6, 6.07) is 6.57. The third kappa shape index (κ3) is 3.89. The molecule has 0 spiro atoms. The van der Waals surface area contributed by atoms with E-state index in [0.717, 1.165) is 44.0 Å². The second kappa shape index (κ2) is 6.24. The van der Waals surface area contributed by atoms with Crippen molar-refractivity contribution < 1.29 is 4.74 Å². The lowest BCUT2D eigenvalue weighted by atomic mass is 10.0. The molecule has 2 heterocycles. The lowest BCUT2D eigenvalue weighted by Gasteiger charge is -2.33. The van der Waals surface area contributed by atoms with Crippen molar-refractivity contribution in [1.82, 2.24) is 10.2 Å². The van der Waals surface area contributed by atoms with Gasteiger partial charge in [-0.25, -0.2) is 0 Å². The van der Waals surface area contributed by atoms with Crippen molar-refractivity contribution in [3.8, 4) is 5.75 Å². The van der Waals surface area contributed by atoms with Crippen molar-refractivity contribution in [1.29, 1.82) is 0 Å². The molecule has 1 aromatic carbocycles. The summed E-state index contributed by atoms with van der Waals surface area (Å²) in [7, 11) is 0. The predicted molar refractivity (Wildman–Crippen MR) is 87.3 cm³/mol. The minimum Gasteiger partial charge on any atom is -0.484 e. The second-order valence-corrected chi connectivity index (χ2v) is 6.74. The maximum atomic E-state index is 6.00. The van der Waals surface area contributed by atoms with Gasteiger partial charge in [-0.3, -0.25) is 0 Å². The molecule has 0 aliphatic carbocycles. The van der Waals surface area contributed by atoms with Gasteiger partial charge in [-0.05, 0) is 57.5 Å². The summed E-state index contributed by atoms with van der Waals surface area (Å²) in [6.45, 7) is 10.9. The zero-order chi connectivity index (χ0) is 14.7. The number of nitrogens with zero attached hydrogens (tertiary/aromatic N) is 1. The van der Waals surface area contributed by atoms with Crippen molar-refractivity contribution in [3.05, 3.63) is 23.8 Å². The van der Waals surface area contributed by atoms with E-state index in [0.29, 0.717) is 0 Å². The summed E-state index contributed by atoms with van der Waals surface area (Å²) in [5.41, 5.74) is 2.42. The van der Waals surface area contributed by atoms with Crippen LogP contribution in [0.15, 0.2) is 18.2 Å². The SMILES string of the molecule is CC1(C)CNc2cc(CCN3CCCNCC3)ccc2O1. The quantitative estimate of drug-likeness (QED) is 0.893. The molecule has 0 amide bonds. The van der Waals surface area contributed by atoms with Crippen LogP contribution in [0.25, 0.3) is 0 Å². The number of hydrogen-bond acceptors (Lipinski definition) is 4. The van der Waals surface area contributed by atoms with Crippen molar-refractivity contribution in [2.24, 2.45) is 0 Å². The highest BCUT2D eigenvalue weighted by Gasteiger charge is 2.26. The maximum absolute atomic E-state index is 6.00. The summed E-state index contributed by atoms with van der Waals surface area (Å²) in [4.78, 5) is 2.56. The zero-order valence-electron chi connectivity index (χ0n) is 13.2. The van der Waals surface area contributed by atoms with Gasteiger partial charge in [-0.1, -0.05) is 6.07 Å². The standard InChI is InChI=1S/C17H27N3O/c1-17(2)13-19-15-12-14(4-5-16(15)21-17)6-10-20-9-3-7-18-8-11-20/h4-5,12,18-19H,3,6-11,13H2,1-2H3. The van der Waals surface area contributed by atoms with Crippen LogP contribution in [0, 0.1) is 0 Å². The minimum atomic E-state index is -0.117. The fraction of sp³-hybridized carbons (Fsp3) is 0.647. The molecule has 4 heteroatoms. The fourth-order valence-electron chi connectivity index (χ4n) is 3.01. The van der Waals surface area contributed by atoms with E-state index in [4.69, 9.17) is 4.74 Å². The molecule has 116 valence electrons. The van der Waals surface area contributed by atoms with Gasteiger partial charge in [0, 0.05) is 19.6 Å². The molecule has 0 atom stereocenters. The number of nitrogens with one attached hydrogen (secondary N) is 2. The van der Waals surface area contributed by atoms with Gasteiger partial charge in [0.1, 0.15) is 11.4 Å². The van der Waals surface area contributed by atoms with Crippen LogP contribution in [0.4, 0.5) is 5.69 Å². The molecule has 2 aliphatic rings. The third-order valence-electron chi connectivity index (χ3n) is 4.28. The predicted octanol–water partition coefficient (Wildman–Crippen LogP) is 2.11. The smallest absolute Gasteiger partial charge is 0.143 e. The van der Waals surface area contributed by atoms with Crippen molar-refractivity contribution in [2.75, 3.05) is 44.6 Å². The summed E-state index contributed by atoms with van der Waals surface area (Å²) in [5, 5.41) is 6.95. The number of ether oxygens (including phenoxy) is 1. The summed E-state index contributed by atoms with van der Waals surface area (Å²) >= 11 is 0. The van der Waals surface area contributed by atoms with Crippen molar-refractivity contribution in [3.63, 3.8) is 0 Å². The first-order valence-corrected chi connectivity index (χ1v) is 8.11. The Hall–Kier alpha value is -1.26. The van der Waals surface area contributed by atoms with E-state index in [2.05, 4.69) is 47.6 Å². The molecular weight excluding hydrogens is 262 g/mol. The summed E-state index contributed by atoms with van der Waals surface area (Å²) in [5.74, 6) is 0.981. The normalized spacial score (nSPS) is 21.8. The van der Waals surface area contributed by atoms with E-state index in [1.54, 1.807) is 0 Å². The number of benzene rings is 1. The highest BCUT2D eigenvalue weighted by atomic mass is 16.5. The van der Waals surface area contributed by atoms with E-state index in [1.807, 2.05) is 0 Å². The fourth-order valence-corrected chi connectivity index (χ4v) is 3.01. The molecular formula is C17H27N3O. The first-order valence-electron chi connectivity index (χ1n) is 8.11. The van der Waals surface area contributed by atoms with Gasteiger partial charge in [-0.15, -0.1) is 0 Å². The molecule has 1 saturated heterocycles. The van der Waals surface area contributed by atoms with Crippen LogP contribution < -0.4 is 15.4 Å². The molecule has 0 unspecified atom stereocenters. The first kappa shape index (κ1) is 14.7. The second-order valence-electron chi connectivity index (χ2n) is 6.74. The van der Waals surface area contributed by atoms with Crippen LogP contribution in [0.5, 0.6) is 5.75 Å². The first-order chi connectivity index (χ1) is 10.1. The molecule has 0 saturated carbocycles. The molecule has 1 aromatic rings. The van der Waals surface area contributed by atoms with Crippen LogP contribution in [0.3, 0.4) is 0 Å². The number of hydrogen-bond donors (Lipinski definition) is 2. The Morgan fingerprint density at radius 2 is 2.14 bits per heavy atom. The number of anilines is 1. The lowest BCUT2D eigenvalue weighted by molar-refractivity contribution is 0.116. The third-order valence-corrected chi connectivity index (χ3v) is 4.28. The molecule has 4 nitrogen and oxygen atoms in total. The monoisotopic (exact) mass is 289 g/mol. The van der Waals surface area contributed by atoms with Crippen LogP contribution in [0.2, 0.25) is 0 Å². The van der Waals surface area contributed by atoms with Crippen molar-refractivity contribution in [2.45, 2.75) is 32.3 Å². The Bertz CT molecular complexity index is 479. The van der Waals surface area contributed by atoms with Gasteiger partial charge in [0.25, 0.3) is 0 Å². The molecule has 0 aromatic heterocycles. The van der Waals surface area contributed by atoms with Gasteiger partial charge < -0.3 is 20.3 Å². The molecule has 0 radical (unpaired) electrons. The van der Waals surface area contributed by atoms with E-state index < -0.39 is 0 Å². The molecule has 0 bridgehead atoms. The number of rotatable bonds is 3. The van der Waals surface area contributed by atoms with Crippen LogP contribution in [-0.4, -0.2) is 49.8 Å². The highest BCUT2D eigenvalue weighted by Crippen LogP contribution is 2.33. The van der Waals surface area contributed by atoms with E-state index in [9.17, 15) is 0 Å². The molecule has 2 N–H and O–H groups in total. The highest BCUT2D eigenvalue weighted by molar-refractivity contribution is 5.60. The molecule has 2 aliphatic heterocycles. The topological polar surface area (TPSA) is 36.5 Å². The van der Waals surface area contributed by atoms with Crippen LogP contribution >= 0.6 is 0 Å². The lowest BCUT2D eigenvalue weighted by Crippen LogP contribution is -2.40. The van der Waals surface area contributed by atoms with E-state index in [-0.39, 0.29) is 5.60 Å². The Morgan fingerprint density at radius 3 is 3.05 bits per heavy atom. The van der Waals surface area contributed by atoms with Gasteiger partial charge in [0.05, 0.1) is 12.2 Å². The van der Waals surface area contributed by atoms with E-state index in [1.165, 1.54) is 25.1 Å². The Balaban J connectivity index is 1.59.